The average molecular weight is 501 g/mol. The highest BCUT2D eigenvalue weighted by Gasteiger charge is 2.76. The lowest BCUT2D eigenvalue weighted by Gasteiger charge is -2.38. The molecule has 3 saturated heterocycles. The van der Waals surface area contributed by atoms with Crippen LogP contribution in [-0.4, -0.2) is 86.1 Å². The van der Waals surface area contributed by atoms with Crippen LogP contribution in [-0.2, 0) is 19.1 Å². The Labute approximate surface area is 191 Å². The molecule has 3 fully saturated rings. The molecule has 0 saturated carbocycles. The van der Waals surface area contributed by atoms with E-state index in [0.717, 1.165) is 12.8 Å². The minimum absolute atomic E-state index is 0.101. The number of aliphatic carboxylic acids is 1. The van der Waals surface area contributed by atoms with Crippen molar-refractivity contribution >= 4 is 33.7 Å². The number of nitrogens with zero attached hydrogens (tertiary/aromatic N) is 2. The SMILES string of the molecule is C=CCN(C(=O)C1N(CCCCCCO)C(=O)[C@@H]2[C@@H](C(=O)O)[C@@H]3OC12CC3Br)C(C)C. The van der Waals surface area contributed by atoms with E-state index in [-0.39, 0.29) is 29.3 Å². The summed E-state index contributed by atoms with van der Waals surface area (Å²) >= 11 is 3.55. The van der Waals surface area contributed by atoms with Crippen LogP contribution in [0.3, 0.4) is 0 Å². The summed E-state index contributed by atoms with van der Waals surface area (Å²) in [7, 11) is 0. The van der Waals surface area contributed by atoms with E-state index in [0.29, 0.717) is 32.4 Å². The number of ether oxygens (including phenoxy) is 1. The van der Waals surface area contributed by atoms with E-state index in [1.165, 1.54) is 0 Å². The van der Waals surface area contributed by atoms with Gasteiger partial charge in [-0.1, -0.05) is 34.8 Å². The lowest BCUT2D eigenvalue weighted by molar-refractivity contribution is -0.151. The number of amides is 2. The number of likely N-dealkylation sites (tertiary alicyclic amines) is 1. The third kappa shape index (κ3) is 4.04. The molecule has 31 heavy (non-hydrogen) atoms. The predicted octanol–water partition coefficient (Wildman–Crippen LogP) is 1.79. The Morgan fingerprint density at radius 3 is 2.61 bits per heavy atom. The lowest BCUT2D eigenvalue weighted by Crippen LogP contribution is -2.58. The molecule has 0 aliphatic carbocycles. The van der Waals surface area contributed by atoms with Crippen LogP contribution in [0.1, 0.15) is 46.0 Å². The molecule has 1 spiro atoms. The Kier molecular flexibility index (Phi) is 7.48. The molecule has 174 valence electrons. The van der Waals surface area contributed by atoms with E-state index in [2.05, 4.69) is 22.5 Å². The van der Waals surface area contributed by atoms with E-state index in [1.807, 2.05) is 13.8 Å². The van der Waals surface area contributed by atoms with E-state index in [1.54, 1.807) is 15.9 Å². The molecule has 0 radical (unpaired) electrons. The summed E-state index contributed by atoms with van der Waals surface area (Å²) in [6.07, 6.45) is 4.48. The number of aliphatic hydroxyl groups is 1. The number of aliphatic hydroxyl groups excluding tert-OH is 1. The van der Waals surface area contributed by atoms with Gasteiger partial charge in [-0.3, -0.25) is 14.4 Å². The number of unbranched alkanes of at least 4 members (excludes halogenated alkanes) is 3. The third-order valence-electron chi connectivity index (χ3n) is 6.85. The van der Waals surface area contributed by atoms with Crippen LogP contribution in [0.2, 0.25) is 0 Å². The number of hydrogen-bond donors (Lipinski definition) is 2. The highest BCUT2D eigenvalue weighted by Crippen LogP contribution is 2.60. The van der Waals surface area contributed by atoms with Crippen LogP contribution >= 0.6 is 15.9 Å². The fourth-order valence-corrected chi connectivity index (χ4v) is 6.47. The number of hydrogen-bond acceptors (Lipinski definition) is 5. The predicted molar refractivity (Wildman–Crippen MR) is 118 cm³/mol. The zero-order chi connectivity index (χ0) is 22.9. The number of carbonyl (C=O) groups is 3. The zero-order valence-corrected chi connectivity index (χ0v) is 19.8. The smallest absolute Gasteiger partial charge is 0.310 e. The van der Waals surface area contributed by atoms with Gasteiger partial charge in [0.1, 0.15) is 11.6 Å². The first-order chi connectivity index (χ1) is 14.7. The lowest BCUT2D eigenvalue weighted by atomic mass is 9.70. The molecule has 9 heteroatoms. The molecule has 3 unspecified atom stereocenters. The maximum absolute atomic E-state index is 13.8. The monoisotopic (exact) mass is 500 g/mol. The van der Waals surface area contributed by atoms with Gasteiger partial charge >= 0.3 is 5.97 Å². The standard InChI is InChI=1S/C22H33BrN2O6/c1-4-9-24(13(2)3)20(28)18-22-12-14(23)17(31-22)15(21(29)30)16(22)19(27)25(18)10-7-5-6-8-11-26/h4,13-18,26H,1,5-12H2,2-3H3,(H,29,30)/t14?,15-,16+,17-,18?,22?/m1/s1. The minimum Gasteiger partial charge on any atom is -0.481 e. The summed E-state index contributed by atoms with van der Waals surface area (Å²) in [4.78, 5) is 42.4. The molecule has 2 N–H and O–H groups in total. The summed E-state index contributed by atoms with van der Waals surface area (Å²) in [5.41, 5.74) is -1.13. The van der Waals surface area contributed by atoms with Crippen molar-refractivity contribution in [1.29, 1.82) is 0 Å². The van der Waals surface area contributed by atoms with Crippen molar-refractivity contribution in [2.45, 2.75) is 74.6 Å². The Hall–Kier alpha value is -1.45. The molecule has 3 rings (SSSR count). The summed E-state index contributed by atoms with van der Waals surface area (Å²) in [6.45, 7) is 8.41. The van der Waals surface area contributed by atoms with E-state index >= 15 is 0 Å². The highest BCUT2D eigenvalue weighted by atomic mass is 79.9. The van der Waals surface area contributed by atoms with Crippen LogP contribution in [0, 0.1) is 11.8 Å². The maximum Gasteiger partial charge on any atom is 0.310 e. The van der Waals surface area contributed by atoms with Gasteiger partial charge in [-0.15, -0.1) is 6.58 Å². The Balaban J connectivity index is 1.96. The van der Waals surface area contributed by atoms with Crippen molar-refractivity contribution in [2.24, 2.45) is 11.8 Å². The number of halogens is 1. The number of carboxylic acids is 1. The van der Waals surface area contributed by atoms with Crippen LogP contribution in [0.25, 0.3) is 0 Å². The highest BCUT2D eigenvalue weighted by molar-refractivity contribution is 9.09. The normalized spacial score (nSPS) is 33.8. The Morgan fingerprint density at radius 1 is 1.35 bits per heavy atom. The zero-order valence-electron chi connectivity index (χ0n) is 18.2. The molecule has 6 atom stereocenters. The van der Waals surface area contributed by atoms with Gasteiger partial charge in [-0.25, -0.2) is 0 Å². The average Bonchev–Trinajstić information content (AvgIpc) is 3.29. The number of carboxylic acid groups (broad SMARTS) is 1. The second kappa shape index (κ2) is 9.58. The molecular weight excluding hydrogens is 468 g/mol. The molecule has 3 heterocycles. The minimum atomic E-state index is -1.13. The molecule has 0 aromatic carbocycles. The van der Waals surface area contributed by atoms with Gasteiger partial charge in [-0.05, 0) is 33.1 Å². The fraction of sp³-hybridized carbons (Fsp3) is 0.773. The molecule has 8 nitrogen and oxygen atoms in total. The van der Waals surface area contributed by atoms with Gasteiger partial charge in [0.05, 0.1) is 17.9 Å². The molecule has 0 aromatic rings. The number of alkyl halides is 1. The van der Waals surface area contributed by atoms with Crippen molar-refractivity contribution in [2.75, 3.05) is 19.7 Å². The van der Waals surface area contributed by atoms with Crippen LogP contribution < -0.4 is 0 Å². The number of rotatable bonds is 11. The summed E-state index contributed by atoms with van der Waals surface area (Å²) < 4.78 is 6.26. The summed E-state index contributed by atoms with van der Waals surface area (Å²) in [5, 5.41) is 18.9. The maximum atomic E-state index is 13.8. The van der Waals surface area contributed by atoms with Gasteiger partial charge in [0.25, 0.3) is 0 Å². The van der Waals surface area contributed by atoms with E-state index < -0.39 is 35.6 Å². The van der Waals surface area contributed by atoms with E-state index in [4.69, 9.17) is 9.84 Å². The van der Waals surface area contributed by atoms with Gasteiger partial charge < -0.3 is 24.7 Å². The third-order valence-corrected chi connectivity index (χ3v) is 7.69. The van der Waals surface area contributed by atoms with E-state index in [9.17, 15) is 19.5 Å². The van der Waals surface area contributed by atoms with Crippen molar-refractivity contribution < 1.29 is 29.3 Å². The Bertz CT molecular complexity index is 731. The summed E-state index contributed by atoms with van der Waals surface area (Å²) in [5.74, 6) is -3.39. The van der Waals surface area contributed by atoms with Crippen LogP contribution in [0.5, 0.6) is 0 Å². The van der Waals surface area contributed by atoms with Crippen molar-refractivity contribution in [1.82, 2.24) is 9.80 Å². The molecule has 3 aliphatic heterocycles. The quantitative estimate of drug-likeness (QED) is 0.254. The molecular formula is C22H33BrN2O6. The van der Waals surface area contributed by atoms with Gasteiger partial charge in [0, 0.05) is 30.6 Å². The van der Waals surface area contributed by atoms with Gasteiger partial charge in [0.15, 0.2) is 0 Å². The van der Waals surface area contributed by atoms with Crippen molar-refractivity contribution in [3.05, 3.63) is 12.7 Å². The molecule has 2 bridgehead atoms. The first-order valence-corrected chi connectivity index (χ1v) is 12.0. The second-order valence-corrected chi connectivity index (χ2v) is 10.2. The van der Waals surface area contributed by atoms with Crippen LogP contribution in [0.15, 0.2) is 12.7 Å². The number of carbonyl (C=O) groups excluding carboxylic acids is 2. The van der Waals surface area contributed by atoms with Crippen LogP contribution in [0.4, 0.5) is 0 Å². The van der Waals surface area contributed by atoms with Gasteiger partial charge in [-0.2, -0.15) is 0 Å². The fourth-order valence-electron chi connectivity index (χ4n) is 5.53. The largest absolute Gasteiger partial charge is 0.481 e. The van der Waals surface area contributed by atoms with Gasteiger partial charge in [0.2, 0.25) is 11.8 Å². The first kappa shape index (κ1) is 24.2. The topological polar surface area (TPSA) is 107 Å². The second-order valence-electron chi connectivity index (χ2n) is 9.04. The van der Waals surface area contributed by atoms with Crippen molar-refractivity contribution in [3.8, 4) is 0 Å². The Morgan fingerprint density at radius 2 is 2.03 bits per heavy atom. The first-order valence-electron chi connectivity index (χ1n) is 11.1. The molecule has 0 aromatic heterocycles. The summed E-state index contributed by atoms with van der Waals surface area (Å²) in [6, 6.07) is -0.948. The molecule has 2 amide bonds. The molecule has 3 aliphatic rings. The van der Waals surface area contributed by atoms with Crippen molar-refractivity contribution in [3.63, 3.8) is 0 Å². The number of fused-ring (bicyclic) bond motifs is 1.